The fourth-order valence-electron chi connectivity index (χ4n) is 3.62. The molecule has 0 saturated heterocycles. The molecule has 0 aliphatic heterocycles. The molecule has 5 nitrogen and oxygen atoms in total. The molecule has 1 aliphatic carbocycles. The molecule has 1 aromatic rings. The van der Waals surface area contributed by atoms with Crippen molar-refractivity contribution in [3.63, 3.8) is 0 Å². The van der Waals surface area contributed by atoms with Gasteiger partial charge in [0.1, 0.15) is 5.57 Å². The minimum absolute atomic E-state index is 0.0996. The first-order valence-electron chi connectivity index (χ1n) is 11.5. The largest absolute Gasteiger partial charge is 0.490 e. The Hall–Kier alpha value is -2.30. The molecule has 0 aromatic heterocycles. The summed E-state index contributed by atoms with van der Waals surface area (Å²) < 4.78 is 16.7. The van der Waals surface area contributed by atoms with Gasteiger partial charge in [0.05, 0.1) is 19.8 Å². The molecule has 0 heterocycles. The summed E-state index contributed by atoms with van der Waals surface area (Å²) in [4.78, 5) is 24.9. The summed E-state index contributed by atoms with van der Waals surface area (Å²) in [6.07, 6.45) is 12.0. The van der Waals surface area contributed by atoms with Crippen molar-refractivity contribution < 1.29 is 23.8 Å². The number of fused-ring (bicyclic) bond motifs is 1. The summed E-state index contributed by atoms with van der Waals surface area (Å²) in [7, 11) is 0. The van der Waals surface area contributed by atoms with Gasteiger partial charge in [0, 0.05) is 5.56 Å². The molecule has 5 heteroatoms. The van der Waals surface area contributed by atoms with E-state index in [4.69, 9.17) is 14.2 Å². The molecule has 0 bridgehead atoms. The zero-order valence-electron chi connectivity index (χ0n) is 18.8. The van der Waals surface area contributed by atoms with E-state index >= 15 is 0 Å². The number of carbonyl (C=O) groups excluding carboxylic acids is 2. The first-order chi connectivity index (χ1) is 14.6. The van der Waals surface area contributed by atoms with Crippen molar-refractivity contribution in [3.05, 3.63) is 34.9 Å². The van der Waals surface area contributed by atoms with Crippen molar-refractivity contribution in [2.45, 2.75) is 78.6 Å². The number of unbranched alkanes of at least 4 members (excludes halogenated alkanes) is 7. The van der Waals surface area contributed by atoms with E-state index in [9.17, 15) is 9.59 Å². The minimum Gasteiger partial charge on any atom is -0.490 e. The molecular weight excluding hydrogens is 380 g/mol. The summed E-state index contributed by atoms with van der Waals surface area (Å²) >= 11 is 0. The van der Waals surface area contributed by atoms with Crippen molar-refractivity contribution in [2.24, 2.45) is 0 Å². The highest BCUT2D eigenvalue weighted by Crippen LogP contribution is 2.35. The molecular formula is C25H36O5. The van der Waals surface area contributed by atoms with E-state index in [2.05, 4.69) is 6.92 Å². The van der Waals surface area contributed by atoms with Gasteiger partial charge in [-0.05, 0) is 44.4 Å². The van der Waals surface area contributed by atoms with Crippen LogP contribution in [-0.4, -0.2) is 31.6 Å². The third-order valence-electron chi connectivity index (χ3n) is 5.24. The molecule has 0 N–H and O–H groups in total. The SMILES string of the molecule is CCCCCCCCCCOc1cc2c(cc1OCC)CC=C(C(=O)OCC)C2=O. The maximum atomic E-state index is 12.8. The van der Waals surface area contributed by atoms with E-state index in [1.54, 1.807) is 19.1 Å². The van der Waals surface area contributed by atoms with Crippen LogP contribution in [0.2, 0.25) is 0 Å². The van der Waals surface area contributed by atoms with Gasteiger partial charge in [0.15, 0.2) is 17.3 Å². The van der Waals surface area contributed by atoms with Crippen molar-refractivity contribution in [1.29, 1.82) is 0 Å². The van der Waals surface area contributed by atoms with Gasteiger partial charge in [0.2, 0.25) is 0 Å². The Bertz CT molecular complexity index is 735. The lowest BCUT2D eigenvalue weighted by atomic mass is 9.90. The van der Waals surface area contributed by atoms with Gasteiger partial charge in [-0.1, -0.05) is 57.9 Å². The Kier molecular flexibility index (Phi) is 10.5. The van der Waals surface area contributed by atoms with Crippen LogP contribution in [0.4, 0.5) is 0 Å². The molecule has 30 heavy (non-hydrogen) atoms. The molecule has 1 aromatic carbocycles. The Balaban J connectivity index is 1.96. The van der Waals surface area contributed by atoms with Gasteiger partial charge < -0.3 is 14.2 Å². The second-order valence-electron chi connectivity index (χ2n) is 7.58. The van der Waals surface area contributed by atoms with Crippen molar-refractivity contribution in [2.75, 3.05) is 19.8 Å². The number of esters is 1. The van der Waals surface area contributed by atoms with Crippen LogP contribution in [0.15, 0.2) is 23.8 Å². The Morgan fingerprint density at radius 1 is 0.867 bits per heavy atom. The van der Waals surface area contributed by atoms with Crippen molar-refractivity contribution in [1.82, 2.24) is 0 Å². The van der Waals surface area contributed by atoms with Crippen LogP contribution in [0, 0.1) is 0 Å². The quantitative estimate of drug-likeness (QED) is 0.217. The molecule has 0 fully saturated rings. The van der Waals surface area contributed by atoms with Crippen LogP contribution in [0.5, 0.6) is 11.5 Å². The fraction of sp³-hybridized carbons (Fsp3) is 0.600. The first kappa shape index (κ1) is 24.0. The molecule has 0 unspecified atom stereocenters. The van der Waals surface area contributed by atoms with E-state index in [-0.39, 0.29) is 18.0 Å². The van der Waals surface area contributed by atoms with Gasteiger partial charge >= 0.3 is 5.97 Å². The van der Waals surface area contributed by atoms with Crippen LogP contribution >= 0.6 is 0 Å². The normalized spacial score (nSPS) is 12.9. The third-order valence-corrected chi connectivity index (χ3v) is 5.24. The van der Waals surface area contributed by atoms with E-state index < -0.39 is 5.97 Å². The minimum atomic E-state index is -0.566. The van der Waals surface area contributed by atoms with Gasteiger partial charge in [-0.15, -0.1) is 0 Å². The molecule has 0 amide bonds. The number of allylic oxidation sites excluding steroid dienone is 1. The van der Waals surface area contributed by atoms with Gasteiger partial charge in [-0.2, -0.15) is 0 Å². The average molecular weight is 417 g/mol. The highest BCUT2D eigenvalue weighted by molar-refractivity contribution is 6.25. The van der Waals surface area contributed by atoms with Crippen molar-refractivity contribution >= 4 is 11.8 Å². The van der Waals surface area contributed by atoms with Crippen LogP contribution < -0.4 is 9.47 Å². The zero-order chi connectivity index (χ0) is 21.8. The Labute approximate surface area is 180 Å². The monoisotopic (exact) mass is 416 g/mol. The standard InChI is InChI=1S/C25H36O5/c1-4-7-8-9-10-11-12-13-16-30-23-18-21-19(17-22(23)28-5-2)14-15-20(24(21)26)25(27)29-6-3/h15,17-18H,4-14,16H2,1-3H3. The number of ether oxygens (including phenoxy) is 3. The van der Waals surface area contributed by atoms with Gasteiger partial charge in [-0.3, -0.25) is 4.79 Å². The van der Waals surface area contributed by atoms with Crippen LogP contribution in [0.25, 0.3) is 0 Å². The van der Waals surface area contributed by atoms with E-state index in [0.29, 0.717) is 36.7 Å². The van der Waals surface area contributed by atoms with Gasteiger partial charge in [-0.25, -0.2) is 4.79 Å². The number of ketones is 1. The maximum absolute atomic E-state index is 12.8. The van der Waals surface area contributed by atoms with E-state index in [0.717, 1.165) is 18.4 Å². The topological polar surface area (TPSA) is 61.8 Å². The molecule has 0 atom stereocenters. The highest BCUT2D eigenvalue weighted by atomic mass is 16.5. The summed E-state index contributed by atoms with van der Waals surface area (Å²) in [5.41, 5.74) is 1.44. The first-order valence-corrected chi connectivity index (χ1v) is 11.5. The lowest BCUT2D eigenvalue weighted by molar-refractivity contribution is -0.138. The van der Waals surface area contributed by atoms with Crippen molar-refractivity contribution in [3.8, 4) is 11.5 Å². The Morgan fingerprint density at radius 3 is 2.20 bits per heavy atom. The lowest BCUT2D eigenvalue weighted by Gasteiger charge is -2.19. The van der Waals surface area contributed by atoms with Gasteiger partial charge in [0.25, 0.3) is 0 Å². The molecule has 0 radical (unpaired) electrons. The molecule has 166 valence electrons. The number of carbonyl (C=O) groups is 2. The summed E-state index contributed by atoms with van der Waals surface area (Å²) in [5, 5.41) is 0. The number of rotatable bonds is 14. The Morgan fingerprint density at radius 2 is 1.53 bits per heavy atom. The average Bonchev–Trinajstić information content (AvgIpc) is 2.73. The highest BCUT2D eigenvalue weighted by Gasteiger charge is 2.28. The predicted octanol–water partition coefficient (Wildman–Crippen LogP) is 5.83. The van der Waals surface area contributed by atoms with Crippen LogP contribution in [0.1, 0.15) is 88.1 Å². The predicted molar refractivity (Wildman–Crippen MR) is 118 cm³/mol. The van der Waals surface area contributed by atoms with E-state index in [1.807, 2.05) is 13.0 Å². The number of benzene rings is 1. The molecule has 0 spiro atoms. The maximum Gasteiger partial charge on any atom is 0.341 e. The fourth-order valence-corrected chi connectivity index (χ4v) is 3.62. The number of hydrogen-bond acceptors (Lipinski definition) is 5. The second kappa shape index (κ2) is 13.1. The van der Waals surface area contributed by atoms with Crippen LogP contribution in [0.3, 0.4) is 0 Å². The molecule has 1 aliphatic rings. The lowest BCUT2D eigenvalue weighted by Crippen LogP contribution is -2.21. The third kappa shape index (κ3) is 6.89. The molecule has 0 saturated carbocycles. The summed E-state index contributed by atoms with van der Waals surface area (Å²) in [6.45, 7) is 7.23. The summed E-state index contributed by atoms with van der Waals surface area (Å²) in [5.74, 6) is 0.340. The zero-order valence-corrected chi connectivity index (χ0v) is 18.8. The second-order valence-corrected chi connectivity index (χ2v) is 7.58. The van der Waals surface area contributed by atoms with Crippen LogP contribution in [-0.2, 0) is 16.0 Å². The van der Waals surface area contributed by atoms with E-state index in [1.165, 1.54) is 38.5 Å². The smallest absolute Gasteiger partial charge is 0.341 e. The number of Topliss-reactive ketones (excluding diaryl/α,β-unsaturated/α-hetero) is 1. The molecule has 2 rings (SSSR count). The summed E-state index contributed by atoms with van der Waals surface area (Å²) in [6, 6.07) is 3.58. The number of hydrogen-bond donors (Lipinski definition) is 0.